The van der Waals surface area contributed by atoms with Crippen molar-refractivity contribution in [1.29, 1.82) is 0 Å². The molecule has 1 aliphatic rings. The number of benzene rings is 2. The maximum absolute atomic E-state index is 6.23. The summed E-state index contributed by atoms with van der Waals surface area (Å²) in [5.74, 6) is 0.206. The van der Waals surface area contributed by atoms with Gasteiger partial charge in [-0.05, 0) is 35.8 Å². The average molecular weight is 373 g/mol. The fourth-order valence-corrected chi connectivity index (χ4v) is 3.97. The highest BCUT2D eigenvalue weighted by Crippen LogP contribution is 2.44. The van der Waals surface area contributed by atoms with Crippen LogP contribution in [0, 0.1) is 5.92 Å². The Balaban J connectivity index is 1.92. The zero-order valence-electron chi connectivity index (χ0n) is 14.9. The molecule has 0 aliphatic heterocycles. The van der Waals surface area contributed by atoms with Gasteiger partial charge in [-0.1, -0.05) is 84.4 Å². The molecule has 0 fully saturated rings. The molecular weight excluding hydrogens is 352 g/mol. The molecule has 1 heterocycles. The molecule has 3 heteroatoms. The minimum Gasteiger partial charge on any atom is -0.371 e. The Labute approximate surface area is 165 Å². The van der Waals surface area contributed by atoms with Crippen LogP contribution in [0.3, 0.4) is 0 Å². The maximum Gasteiger partial charge on any atom is 0.0945 e. The van der Waals surface area contributed by atoms with Gasteiger partial charge in [0.2, 0.25) is 0 Å². The fraction of sp³-hybridized carbons (Fsp3) is 0.125. The van der Waals surface area contributed by atoms with E-state index >= 15 is 0 Å². The van der Waals surface area contributed by atoms with Gasteiger partial charge in [0.05, 0.1) is 5.54 Å². The predicted molar refractivity (Wildman–Crippen MR) is 113 cm³/mol. The van der Waals surface area contributed by atoms with E-state index in [0.717, 1.165) is 17.1 Å². The van der Waals surface area contributed by atoms with E-state index in [2.05, 4.69) is 83.1 Å². The van der Waals surface area contributed by atoms with Gasteiger partial charge in [-0.15, -0.1) is 0 Å². The Morgan fingerprint density at radius 2 is 1.44 bits per heavy atom. The molecule has 4 rings (SSSR count). The van der Waals surface area contributed by atoms with Crippen LogP contribution in [-0.2, 0) is 5.54 Å². The van der Waals surface area contributed by atoms with Gasteiger partial charge in [-0.25, -0.2) is 0 Å². The number of nitrogens with zero attached hydrogens (tertiary/aromatic N) is 1. The molecule has 1 aromatic heterocycles. The molecule has 2 nitrogen and oxygen atoms in total. The smallest absolute Gasteiger partial charge is 0.0945 e. The van der Waals surface area contributed by atoms with E-state index < -0.39 is 5.54 Å². The summed E-state index contributed by atoms with van der Waals surface area (Å²) < 4.78 is 0. The Morgan fingerprint density at radius 3 is 1.96 bits per heavy atom. The molecule has 0 bridgehead atoms. The first-order valence-electron chi connectivity index (χ1n) is 9.12. The number of hydrogen-bond acceptors (Lipinski definition) is 2. The highest BCUT2D eigenvalue weighted by Gasteiger charge is 2.41. The zero-order chi connectivity index (χ0) is 18.5. The summed E-state index contributed by atoms with van der Waals surface area (Å²) in [5.41, 5.74) is 3.05. The third-order valence-corrected chi connectivity index (χ3v) is 5.37. The van der Waals surface area contributed by atoms with E-state index in [1.807, 2.05) is 30.6 Å². The van der Waals surface area contributed by atoms with Gasteiger partial charge in [-0.2, -0.15) is 0 Å². The lowest BCUT2D eigenvalue weighted by Crippen LogP contribution is -2.43. The van der Waals surface area contributed by atoms with Crippen molar-refractivity contribution in [3.63, 3.8) is 0 Å². The first-order chi connectivity index (χ1) is 13.3. The fourth-order valence-electron chi connectivity index (χ4n) is 3.81. The number of rotatable bonds is 5. The van der Waals surface area contributed by atoms with Crippen molar-refractivity contribution in [3.05, 3.63) is 120 Å². The van der Waals surface area contributed by atoms with Gasteiger partial charge in [0, 0.05) is 29.0 Å². The average Bonchev–Trinajstić information content (AvgIpc) is 2.75. The highest BCUT2D eigenvalue weighted by atomic mass is 35.5. The maximum atomic E-state index is 6.23. The molecule has 0 saturated carbocycles. The monoisotopic (exact) mass is 372 g/mol. The molecule has 0 amide bonds. The lowest BCUT2D eigenvalue weighted by atomic mass is 9.70. The van der Waals surface area contributed by atoms with E-state index in [4.69, 9.17) is 11.6 Å². The van der Waals surface area contributed by atoms with Crippen molar-refractivity contribution in [3.8, 4) is 0 Å². The SMILES string of the molecule is ClC1=CCC(C(Nc2ccncc2)(c2ccccc2)c2ccccc2)C=C1. The minimum absolute atomic E-state index is 0.206. The molecule has 1 unspecified atom stereocenters. The summed E-state index contributed by atoms with van der Waals surface area (Å²) in [6.07, 6.45) is 10.8. The second kappa shape index (κ2) is 7.81. The van der Waals surface area contributed by atoms with Crippen LogP contribution in [0.1, 0.15) is 17.5 Å². The van der Waals surface area contributed by atoms with Crippen LogP contribution in [0.4, 0.5) is 5.69 Å². The normalized spacial score (nSPS) is 16.6. The first kappa shape index (κ1) is 17.6. The molecule has 3 aromatic rings. The second-order valence-electron chi connectivity index (χ2n) is 6.69. The van der Waals surface area contributed by atoms with Gasteiger partial charge in [0.15, 0.2) is 0 Å². The van der Waals surface area contributed by atoms with Gasteiger partial charge >= 0.3 is 0 Å². The number of allylic oxidation sites excluding steroid dienone is 3. The molecular formula is C24H21ClN2. The first-order valence-corrected chi connectivity index (χ1v) is 9.50. The third kappa shape index (κ3) is 3.54. The lowest BCUT2D eigenvalue weighted by Gasteiger charge is -2.43. The standard InChI is InChI=1S/C24H21ClN2/c25-22-13-11-21(12-14-22)24(19-7-3-1-4-8-19,20-9-5-2-6-10-20)27-23-15-17-26-18-16-23/h1-11,13-18,21H,12H2,(H,26,27). The largest absolute Gasteiger partial charge is 0.371 e. The van der Waals surface area contributed by atoms with Crippen molar-refractivity contribution in [2.24, 2.45) is 5.92 Å². The minimum atomic E-state index is -0.422. The second-order valence-corrected chi connectivity index (χ2v) is 7.13. The molecule has 0 saturated heterocycles. The lowest BCUT2D eigenvalue weighted by molar-refractivity contribution is 0.428. The van der Waals surface area contributed by atoms with E-state index in [0.29, 0.717) is 0 Å². The van der Waals surface area contributed by atoms with Crippen molar-refractivity contribution < 1.29 is 0 Å². The predicted octanol–water partition coefficient (Wildman–Crippen LogP) is 6.14. The quantitative estimate of drug-likeness (QED) is 0.582. The van der Waals surface area contributed by atoms with Crippen LogP contribution >= 0.6 is 11.6 Å². The van der Waals surface area contributed by atoms with Gasteiger partial charge < -0.3 is 5.32 Å². The molecule has 1 aliphatic carbocycles. The van der Waals surface area contributed by atoms with Crippen LogP contribution in [0.25, 0.3) is 0 Å². The molecule has 0 spiro atoms. The summed E-state index contributed by atoms with van der Waals surface area (Å²) >= 11 is 6.23. The molecule has 2 aromatic carbocycles. The van der Waals surface area contributed by atoms with Gasteiger partial charge in [0.1, 0.15) is 0 Å². The zero-order valence-corrected chi connectivity index (χ0v) is 15.7. The Morgan fingerprint density at radius 1 is 0.852 bits per heavy atom. The number of halogens is 1. The van der Waals surface area contributed by atoms with E-state index in [9.17, 15) is 0 Å². The topological polar surface area (TPSA) is 24.9 Å². The van der Waals surface area contributed by atoms with Crippen molar-refractivity contribution >= 4 is 17.3 Å². The summed E-state index contributed by atoms with van der Waals surface area (Å²) in [6.45, 7) is 0. The number of hydrogen-bond donors (Lipinski definition) is 1. The van der Waals surface area contributed by atoms with Gasteiger partial charge in [0.25, 0.3) is 0 Å². The molecule has 1 atom stereocenters. The van der Waals surface area contributed by atoms with E-state index in [1.54, 1.807) is 0 Å². The number of aromatic nitrogens is 1. The highest BCUT2D eigenvalue weighted by molar-refractivity contribution is 6.31. The number of anilines is 1. The number of nitrogens with one attached hydrogen (secondary N) is 1. The summed E-state index contributed by atoms with van der Waals surface area (Å²) in [4.78, 5) is 4.16. The molecule has 0 radical (unpaired) electrons. The van der Waals surface area contributed by atoms with E-state index in [-0.39, 0.29) is 5.92 Å². The van der Waals surface area contributed by atoms with Crippen LogP contribution in [0.5, 0.6) is 0 Å². The Kier molecular flexibility index (Phi) is 5.08. The van der Waals surface area contributed by atoms with Crippen LogP contribution in [0.15, 0.2) is 108 Å². The van der Waals surface area contributed by atoms with Crippen molar-refractivity contribution in [1.82, 2.24) is 4.98 Å². The van der Waals surface area contributed by atoms with Crippen molar-refractivity contribution in [2.45, 2.75) is 12.0 Å². The molecule has 27 heavy (non-hydrogen) atoms. The third-order valence-electron chi connectivity index (χ3n) is 5.09. The summed E-state index contributed by atoms with van der Waals surface area (Å²) in [7, 11) is 0. The van der Waals surface area contributed by atoms with Crippen LogP contribution in [-0.4, -0.2) is 4.98 Å². The summed E-state index contributed by atoms with van der Waals surface area (Å²) in [5, 5.41) is 4.64. The van der Waals surface area contributed by atoms with Gasteiger partial charge in [-0.3, -0.25) is 4.98 Å². The molecule has 134 valence electrons. The number of pyridine rings is 1. The van der Waals surface area contributed by atoms with Crippen molar-refractivity contribution in [2.75, 3.05) is 5.32 Å². The molecule has 1 N–H and O–H groups in total. The summed E-state index contributed by atoms with van der Waals surface area (Å²) in [6, 6.07) is 25.3. The Bertz CT molecular complexity index is 894. The van der Waals surface area contributed by atoms with E-state index in [1.165, 1.54) is 11.1 Å². The van der Waals surface area contributed by atoms with Crippen LogP contribution < -0.4 is 5.32 Å². The Hall–Kier alpha value is -2.84. The van der Waals surface area contributed by atoms with Crippen LogP contribution in [0.2, 0.25) is 0 Å².